The third-order valence-electron chi connectivity index (χ3n) is 4.24. The first-order chi connectivity index (χ1) is 10.7. The fourth-order valence-electron chi connectivity index (χ4n) is 2.85. The van der Waals surface area contributed by atoms with Gasteiger partial charge in [-0.1, -0.05) is 18.2 Å². The van der Waals surface area contributed by atoms with Gasteiger partial charge in [0, 0.05) is 22.7 Å². The number of hydrogen-bond acceptors (Lipinski definition) is 2. The van der Waals surface area contributed by atoms with Gasteiger partial charge in [0.25, 0.3) is 5.91 Å². The van der Waals surface area contributed by atoms with Crippen LogP contribution in [0.1, 0.15) is 5.56 Å². The number of likely N-dealkylation sites (N-methyl/N-ethyl adjacent to an activating group) is 1. The number of carbonyl (C=O) groups excluding carboxylic acids is 1. The first kappa shape index (κ1) is 14.7. The Morgan fingerprint density at radius 3 is 2.91 bits per heavy atom. The number of amides is 1. The van der Waals surface area contributed by atoms with Crippen LogP contribution in [0.5, 0.6) is 0 Å². The average molecular weight is 301 g/mol. The Bertz CT molecular complexity index is 670. The second-order valence-corrected chi connectivity index (χ2v) is 5.97. The zero-order valence-corrected chi connectivity index (χ0v) is 12.9. The molecular formula is C16H23N5O+2. The molecule has 4 N–H and O–H groups in total. The molecule has 0 bridgehead atoms. The number of aromatic nitrogens is 1. The molecular weight excluding hydrogens is 278 g/mol. The number of carbonyl (C=O) groups is 1. The van der Waals surface area contributed by atoms with Gasteiger partial charge in [-0.3, -0.25) is 4.79 Å². The van der Waals surface area contributed by atoms with Crippen molar-refractivity contribution in [3.05, 3.63) is 36.0 Å². The van der Waals surface area contributed by atoms with E-state index >= 15 is 0 Å². The summed E-state index contributed by atoms with van der Waals surface area (Å²) in [5.41, 5.74) is 4.68. The standard InChI is InChI=1S/C16H21N5O/c1-20-6-8-21(9-7-20)12-16(22)19-18-11-13-10-17-15-5-3-2-4-14(13)15/h2-5,10-11,17H,6-9,12H2,1H3,(H,19,22)/p+2/b18-11+. The van der Waals surface area contributed by atoms with Gasteiger partial charge in [-0.05, 0) is 6.07 Å². The minimum absolute atomic E-state index is 0.0226. The van der Waals surface area contributed by atoms with E-state index < -0.39 is 0 Å². The van der Waals surface area contributed by atoms with Gasteiger partial charge in [0.15, 0.2) is 6.54 Å². The first-order valence-electron chi connectivity index (χ1n) is 7.75. The number of rotatable bonds is 4. The SMILES string of the molecule is C[NH+]1CC[NH+](CC(=O)N/N=C/c2c[nH]c3ccccc23)CC1. The third-order valence-corrected chi connectivity index (χ3v) is 4.24. The first-order valence-corrected chi connectivity index (χ1v) is 7.75. The molecule has 0 radical (unpaired) electrons. The number of hydrogen-bond donors (Lipinski definition) is 4. The molecule has 1 aromatic heterocycles. The van der Waals surface area contributed by atoms with E-state index in [-0.39, 0.29) is 5.91 Å². The van der Waals surface area contributed by atoms with Crippen LogP contribution in [-0.4, -0.2) is 56.9 Å². The lowest BCUT2D eigenvalue weighted by atomic mass is 10.2. The van der Waals surface area contributed by atoms with Crippen LogP contribution >= 0.6 is 0 Å². The Labute approximate surface area is 129 Å². The number of benzene rings is 1. The Morgan fingerprint density at radius 2 is 2.09 bits per heavy atom. The van der Waals surface area contributed by atoms with E-state index in [0.29, 0.717) is 6.54 Å². The summed E-state index contributed by atoms with van der Waals surface area (Å²) in [5.74, 6) is -0.0226. The van der Waals surface area contributed by atoms with Gasteiger partial charge in [0.05, 0.1) is 13.3 Å². The summed E-state index contributed by atoms with van der Waals surface area (Å²) in [5, 5.41) is 5.19. The molecule has 6 nitrogen and oxygen atoms in total. The highest BCUT2D eigenvalue weighted by Crippen LogP contribution is 2.15. The Kier molecular flexibility index (Phi) is 4.50. The zero-order chi connectivity index (χ0) is 15.4. The molecule has 1 amide bonds. The molecule has 116 valence electrons. The monoisotopic (exact) mass is 301 g/mol. The van der Waals surface area contributed by atoms with E-state index in [1.165, 1.54) is 4.90 Å². The Balaban J connectivity index is 1.52. The summed E-state index contributed by atoms with van der Waals surface area (Å²) in [6.07, 6.45) is 3.59. The van der Waals surface area contributed by atoms with Crippen LogP contribution in [-0.2, 0) is 4.79 Å². The van der Waals surface area contributed by atoms with Crippen molar-refractivity contribution in [1.29, 1.82) is 0 Å². The Hall–Kier alpha value is -2.18. The van der Waals surface area contributed by atoms with Gasteiger partial charge in [0.2, 0.25) is 0 Å². The zero-order valence-electron chi connectivity index (χ0n) is 12.9. The van der Waals surface area contributed by atoms with Crippen molar-refractivity contribution >= 4 is 23.0 Å². The van der Waals surface area contributed by atoms with Gasteiger partial charge >= 0.3 is 0 Å². The number of para-hydroxylation sites is 1. The fourth-order valence-corrected chi connectivity index (χ4v) is 2.85. The van der Waals surface area contributed by atoms with E-state index in [4.69, 9.17) is 0 Å². The summed E-state index contributed by atoms with van der Waals surface area (Å²) in [4.78, 5) is 18.0. The van der Waals surface area contributed by atoms with Gasteiger partial charge in [-0.2, -0.15) is 5.10 Å². The molecule has 6 heteroatoms. The lowest BCUT2D eigenvalue weighted by Gasteiger charge is -2.26. The summed E-state index contributed by atoms with van der Waals surface area (Å²) in [6, 6.07) is 8.03. The van der Waals surface area contributed by atoms with Gasteiger partial charge in [-0.25, -0.2) is 5.43 Å². The molecule has 3 rings (SSSR count). The van der Waals surface area contributed by atoms with Crippen molar-refractivity contribution in [1.82, 2.24) is 10.4 Å². The Morgan fingerprint density at radius 1 is 1.32 bits per heavy atom. The van der Waals surface area contributed by atoms with Gasteiger partial charge in [0.1, 0.15) is 26.2 Å². The van der Waals surface area contributed by atoms with Crippen molar-refractivity contribution in [2.24, 2.45) is 5.10 Å². The van der Waals surface area contributed by atoms with E-state index in [9.17, 15) is 4.79 Å². The minimum Gasteiger partial charge on any atom is -0.361 e. The number of fused-ring (bicyclic) bond motifs is 1. The lowest BCUT2D eigenvalue weighted by molar-refractivity contribution is -1.000. The fraction of sp³-hybridized carbons (Fsp3) is 0.375. The van der Waals surface area contributed by atoms with Crippen molar-refractivity contribution < 1.29 is 14.6 Å². The number of nitrogens with zero attached hydrogens (tertiary/aromatic N) is 1. The summed E-state index contributed by atoms with van der Waals surface area (Å²) >= 11 is 0. The van der Waals surface area contributed by atoms with Crippen LogP contribution in [0.2, 0.25) is 0 Å². The highest BCUT2D eigenvalue weighted by Gasteiger charge is 2.21. The number of hydrazone groups is 1. The highest BCUT2D eigenvalue weighted by molar-refractivity contribution is 5.99. The van der Waals surface area contributed by atoms with Crippen LogP contribution in [0, 0.1) is 0 Å². The molecule has 22 heavy (non-hydrogen) atoms. The molecule has 0 spiro atoms. The van der Waals surface area contributed by atoms with E-state index in [2.05, 4.69) is 22.6 Å². The maximum atomic E-state index is 11.9. The van der Waals surface area contributed by atoms with E-state index in [1.807, 2.05) is 30.5 Å². The highest BCUT2D eigenvalue weighted by atomic mass is 16.2. The third kappa shape index (κ3) is 3.52. The van der Waals surface area contributed by atoms with Crippen LogP contribution in [0.15, 0.2) is 35.6 Å². The van der Waals surface area contributed by atoms with Gasteiger partial charge < -0.3 is 14.8 Å². The molecule has 0 aliphatic carbocycles. The molecule has 1 aliphatic heterocycles. The van der Waals surface area contributed by atoms with Crippen LogP contribution in [0.3, 0.4) is 0 Å². The van der Waals surface area contributed by atoms with Crippen LogP contribution in [0.4, 0.5) is 0 Å². The number of H-pyrrole nitrogens is 1. The molecule has 1 fully saturated rings. The van der Waals surface area contributed by atoms with Crippen LogP contribution in [0.25, 0.3) is 10.9 Å². The molecule has 2 heterocycles. The lowest BCUT2D eigenvalue weighted by Crippen LogP contribution is -3.27. The second-order valence-electron chi connectivity index (χ2n) is 5.97. The average Bonchev–Trinajstić information content (AvgIpc) is 2.93. The maximum absolute atomic E-state index is 11.9. The maximum Gasteiger partial charge on any atom is 0.295 e. The predicted molar refractivity (Wildman–Crippen MR) is 86.2 cm³/mol. The number of quaternary nitrogens is 2. The summed E-state index contributed by atoms with van der Waals surface area (Å²) in [6.45, 7) is 4.85. The molecule has 0 unspecified atom stereocenters. The molecule has 2 aromatic rings. The van der Waals surface area contributed by atoms with Crippen molar-refractivity contribution in [3.63, 3.8) is 0 Å². The summed E-state index contributed by atoms with van der Waals surface area (Å²) in [7, 11) is 2.20. The second kappa shape index (κ2) is 6.72. The predicted octanol–water partition coefficient (Wildman–Crippen LogP) is -1.97. The number of piperazine rings is 1. The molecule has 0 saturated carbocycles. The van der Waals surface area contributed by atoms with Crippen LogP contribution < -0.4 is 15.2 Å². The number of nitrogens with one attached hydrogen (secondary N) is 4. The largest absolute Gasteiger partial charge is 0.361 e. The quantitative estimate of drug-likeness (QED) is 0.384. The summed E-state index contributed by atoms with van der Waals surface area (Å²) < 4.78 is 0. The topological polar surface area (TPSA) is 66.1 Å². The van der Waals surface area contributed by atoms with E-state index in [0.717, 1.165) is 42.6 Å². The number of aromatic amines is 1. The molecule has 1 aromatic carbocycles. The van der Waals surface area contributed by atoms with Crippen molar-refractivity contribution in [2.75, 3.05) is 39.8 Å². The van der Waals surface area contributed by atoms with Crippen molar-refractivity contribution in [2.45, 2.75) is 0 Å². The molecule has 0 atom stereocenters. The molecule has 1 aliphatic rings. The van der Waals surface area contributed by atoms with E-state index in [1.54, 1.807) is 11.1 Å². The van der Waals surface area contributed by atoms with Crippen molar-refractivity contribution in [3.8, 4) is 0 Å². The molecule has 1 saturated heterocycles. The normalized spacial score (nSPS) is 22.2. The smallest absolute Gasteiger partial charge is 0.295 e. The minimum atomic E-state index is -0.0226. The van der Waals surface area contributed by atoms with Gasteiger partial charge in [-0.15, -0.1) is 0 Å².